The molecule has 0 unspecified atom stereocenters. The van der Waals surface area contributed by atoms with Gasteiger partial charge in [0.2, 0.25) is 0 Å². The van der Waals surface area contributed by atoms with Crippen molar-refractivity contribution >= 4 is 0 Å². The van der Waals surface area contributed by atoms with Crippen LogP contribution in [0.25, 0.3) is 0 Å². The van der Waals surface area contributed by atoms with Crippen LogP contribution < -0.4 is 46.9 Å². The molecular formula is C37H44Cl2N2O14. The van der Waals surface area contributed by atoms with Crippen LogP contribution in [0.4, 0.5) is 0 Å². The smallest absolute Gasteiger partial charge is 0.169 e. The summed E-state index contributed by atoms with van der Waals surface area (Å²) in [7, 11) is -0.127. The highest BCUT2D eigenvalue weighted by molar-refractivity contribution is 5.54. The molecule has 0 saturated heterocycles. The molecule has 0 amide bonds. The number of likely N-dealkylation sites (N-methyl/N-ethyl adjacent to an activating group) is 2. The molecular weight excluding hydrogens is 767 g/mol. The number of hydrogen-bond donors (Lipinski definition) is 4. The predicted molar refractivity (Wildman–Crippen MR) is 179 cm³/mol. The number of aromatic hydroxyl groups is 2. The van der Waals surface area contributed by atoms with Crippen LogP contribution in [0.5, 0.6) is 40.2 Å². The van der Waals surface area contributed by atoms with E-state index >= 15 is 0 Å². The SMILES string of the molecule is COc1cc2c(cc1OC)[C@@H](Cc1ccc(O)c(Oc3cc4c(cc3OC)CCN(C)[C@@H]4Cc3ccc(O)cc3)c1)N(C)CC2.[O-][Cl+3]([O-])([O-])O.[O-][Cl+3]([O-])([O-])O. The molecule has 0 bridgehead atoms. The molecule has 0 spiro atoms. The summed E-state index contributed by atoms with van der Waals surface area (Å²) in [6.45, 7) is 1.86. The van der Waals surface area contributed by atoms with Gasteiger partial charge in [-0.15, -0.1) is 0 Å². The molecule has 300 valence electrons. The number of nitrogens with zero attached hydrogens (tertiary/aromatic N) is 2. The lowest BCUT2D eigenvalue weighted by Gasteiger charge is -2.35. The van der Waals surface area contributed by atoms with Gasteiger partial charge < -0.3 is 29.2 Å². The second kappa shape index (κ2) is 18.7. The normalized spacial score (nSPS) is 17.0. The van der Waals surface area contributed by atoms with Crippen LogP contribution in [0.2, 0.25) is 0 Å². The molecule has 6 rings (SSSR count). The summed E-state index contributed by atoms with van der Waals surface area (Å²) in [5.41, 5.74) is 7.07. The van der Waals surface area contributed by atoms with Gasteiger partial charge in [-0.05, 0) is 122 Å². The molecule has 0 radical (unpaired) electrons. The van der Waals surface area contributed by atoms with Gasteiger partial charge in [-0.2, -0.15) is 28.0 Å². The summed E-state index contributed by atoms with van der Waals surface area (Å²) < 4.78 is 88.9. The zero-order valence-corrected chi connectivity index (χ0v) is 32.3. The van der Waals surface area contributed by atoms with E-state index in [1.807, 2.05) is 24.3 Å². The number of rotatable bonds is 9. The van der Waals surface area contributed by atoms with E-state index < -0.39 is 20.5 Å². The third-order valence-electron chi connectivity index (χ3n) is 9.36. The fourth-order valence-electron chi connectivity index (χ4n) is 6.72. The van der Waals surface area contributed by atoms with Gasteiger partial charge in [0.1, 0.15) is 5.75 Å². The molecule has 2 atom stereocenters. The van der Waals surface area contributed by atoms with E-state index in [4.69, 9.17) is 56.2 Å². The molecule has 4 aromatic carbocycles. The first kappa shape index (κ1) is 43.6. The summed E-state index contributed by atoms with van der Waals surface area (Å²) in [4.78, 5) is 4.71. The maximum Gasteiger partial charge on any atom is 0.169 e. The molecule has 2 aliphatic rings. The Balaban J connectivity index is 0.000000599. The quantitative estimate of drug-likeness (QED) is 0.146. The van der Waals surface area contributed by atoms with Gasteiger partial charge in [-0.1, -0.05) is 18.2 Å². The lowest BCUT2D eigenvalue weighted by atomic mass is 9.88. The van der Waals surface area contributed by atoms with Crippen LogP contribution in [0.15, 0.2) is 66.7 Å². The van der Waals surface area contributed by atoms with Crippen molar-refractivity contribution < 1.29 is 86.9 Å². The Labute approximate surface area is 322 Å². The third-order valence-corrected chi connectivity index (χ3v) is 9.36. The maximum absolute atomic E-state index is 10.9. The lowest BCUT2D eigenvalue weighted by molar-refractivity contribution is -1.92. The Hall–Kier alpha value is -4.14. The van der Waals surface area contributed by atoms with E-state index in [0.717, 1.165) is 61.4 Å². The maximum atomic E-state index is 10.9. The summed E-state index contributed by atoms with van der Waals surface area (Å²) >= 11 is 0. The number of phenolic OH excluding ortho intramolecular Hbond substituents is 2. The molecule has 2 aliphatic heterocycles. The zero-order chi connectivity index (χ0) is 40.7. The van der Waals surface area contributed by atoms with E-state index in [1.165, 1.54) is 22.3 Å². The average Bonchev–Trinajstić information content (AvgIpc) is 3.10. The van der Waals surface area contributed by atoms with E-state index in [0.29, 0.717) is 17.2 Å². The third kappa shape index (κ3) is 12.7. The molecule has 4 N–H and O–H groups in total. The first-order valence-corrected chi connectivity index (χ1v) is 19.2. The van der Waals surface area contributed by atoms with E-state index in [1.54, 1.807) is 39.5 Å². The monoisotopic (exact) mass is 810 g/mol. The number of ether oxygens (including phenoxy) is 4. The highest BCUT2D eigenvalue weighted by Crippen LogP contribution is 2.44. The zero-order valence-electron chi connectivity index (χ0n) is 30.8. The van der Waals surface area contributed by atoms with Gasteiger partial charge in [0.15, 0.2) is 34.5 Å². The van der Waals surface area contributed by atoms with Crippen LogP contribution in [-0.2, 0) is 25.7 Å². The second-order valence-corrected chi connectivity index (χ2v) is 14.5. The second-order valence-electron chi connectivity index (χ2n) is 12.9. The molecule has 0 aromatic heterocycles. The molecule has 16 nitrogen and oxygen atoms in total. The molecule has 2 heterocycles. The number of benzene rings is 4. The Morgan fingerprint density at radius 1 is 0.582 bits per heavy atom. The van der Waals surface area contributed by atoms with Crippen LogP contribution in [0.1, 0.15) is 45.5 Å². The molecule has 18 heteroatoms. The Bertz CT molecular complexity index is 1860. The van der Waals surface area contributed by atoms with Gasteiger partial charge in [-0.3, -0.25) is 9.80 Å². The van der Waals surface area contributed by atoms with Crippen molar-refractivity contribution in [3.05, 3.63) is 100 Å². The number of phenols is 2. The van der Waals surface area contributed by atoms with Crippen molar-refractivity contribution in [1.29, 1.82) is 0 Å². The first-order chi connectivity index (χ1) is 25.8. The van der Waals surface area contributed by atoms with Crippen LogP contribution in [0.3, 0.4) is 0 Å². The molecule has 0 saturated carbocycles. The molecule has 0 aliphatic carbocycles. The van der Waals surface area contributed by atoms with Crippen molar-refractivity contribution in [2.75, 3.05) is 48.5 Å². The van der Waals surface area contributed by atoms with Gasteiger partial charge in [0.05, 0.1) is 51.1 Å². The van der Waals surface area contributed by atoms with Crippen molar-refractivity contribution in [3.8, 4) is 40.2 Å². The minimum absolute atomic E-state index is 0.0695. The largest absolute Gasteiger partial charge is 0.508 e. The van der Waals surface area contributed by atoms with Gasteiger partial charge in [0.25, 0.3) is 0 Å². The fraction of sp³-hybridized carbons (Fsp3) is 0.351. The number of hydrogen-bond acceptors (Lipinski definition) is 16. The van der Waals surface area contributed by atoms with Gasteiger partial charge in [0, 0.05) is 25.2 Å². The summed E-state index contributed by atoms with van der Waals surface area (Å²) in [6, 6.07) is 21.6. The first-order valence-electron chi connectivity index (χ1n) is 16.7. The lowest BCUT2D eigenvalue weighted by Crippen LogP contribution is -2.58. The van der Waals surface area contributed by atoms with Crippen molar-refractivity contribution in [3.63, 3.8) is 0 Å². The average molecular weight is 812 g/mol. The summed E-state index contributed by atoms with van der Waals surface area (Å²) in [5.74, 6) is 3.38. The number of fused-ring (bicyclic) bond motifs is 2. The van der Waals surface area contributed by atoms with Crippen molar-refractivity contribution in [2.45, 2.75) is 37.8 Å². The Morgan fingerprint density at radius 3 is 1.45 bits per heavy atom. The number of methoxy groups -OCH3 is 3. The van der Waals surface area contributed by atoms with Crippen molar-refractivity contribution in [2.24, 2.45) is 0 Å². The van der Waals surface area contributed by atoms with E-state index in [9.17, 15) is 10.2 Å². The molecule has 0 fully saturated rings. The van der Waals surface area contributed by atoms with E-state index in [-0.39, 0.29) is 23.6 Å². The van der Waals surface area contributed by atoms with Gasteiger partial charge >= 0.3 is 0 Å². The number of halogens is 2. The Kier molecular flexibility index (Phi) is 14.8. The minimum atomic E-state index is -4.69. The highest BCUT2D eigenvalue weighted by atomic mass is 35.7. The van der Waals surface area contributed by atoms with Gasteiger partial charge in [-0.25, -0.2) is 0 Å². The topological polar surface area (TPSA) is 263 Å². The standard InChI is InChI=1S/C37H42N2O6.2ClHO4/c1-38-14-13-26-20-35(43-4)37(22-29(26)30(38)16-23-6-9-27(40)10-7-23)45-33-18-24(8-11-32(33)41)17-31-28-21-36(44-5)34(42-3)19-25(28)12-15-39(31)2;2*2-1(3,4)5/h6-11,18-22,30-31,40-41H,12-17H2,1-5H3;2*(H,2,3,4,5)/t30-,31-;;/m1../s1. The van der Waals surface area contributed by atoms with Crippen LogP contribution in [0, 0.1) is 20.5 Å². The molecule has 55 heavy (non-hydrogen) atoms. The predicted octanol–water partition coefficient (Wildman–Crippen LogP) is -1.79. The fourth-order valence-corrected chi connectivity index (χ4v) is 6.72. The van der Waals surface area contributed by atoms with Crippen LogP contribution in [-0.4, -0.2) is 77.8 Å². The Morgan fingerprint density at radius 2 is 0.982 bits per heavy atom. The highest BCUT2D eigenvalue weighted by Gasteiger charge is 2.29. The summed E-state index contributed by atoms with van der Waals surface area (Å²) in [5, 5.41) is 20.7. The van der Waals surface area contributed by atoms with E-state index in [2.05, 4.69) is 48.2 Å². The van der Waals surface area contributed by atoms with Crippen LogP contribution >= 0.6 is 0 Å². The minimum Gasteiger partial charge on any atom is -0.508 e. The summed E-state index contributed by atoms with van der Waals surface area (Å²) in [6.07, 6.45) is 3.37. The van der Waals surface area contributed by atoms with Crippen molar-refractivity contribution in [1.82, 2.24) is 9.80 Å². The molecule has 4 aromatic rings.